The molecule has 47 heavy (non-hydrogen) atoms. The molecule has 243 valence electrons. The number of benzene rings is 3. The number of pyridine rings is 2. The van der Waals surface area contributed by atoms with Gasteiger partial charge in [0.15, 0.2) is 0 Å². The summed E-state index contributed by atoms with van der Waals surface area (Å²) in [5.41, 5.74) is 7.08. The van der Waals surface area contributed by atoms with Crippen LogP contribution in [0.15, 0.2) is 83.5 Å². The molecule has 4 heterocycles. The van der Waals surface area contributed by atoms with Crippen molar-refractivity contribution in [2.24, 2.45) is 12.5 Å². The second-order valence-electron chi connectivity index (χ2n) is 13.7. The first-order valence-corrected chi connectivity index (χ1v) is 18.9. The van der Waals surface area contributed by atoms with Crippen molar-refractivity contribution in [1.29, 1.82) is 0 Å². The van der Waals surface area contributed by atoms with Crippen molar-refractivity contribution >= 4 is 46.2 Å². The van der Waals surface area contributed by atoms with Gasteiger partial charge in [0.25, 0.3) is 0 Å². The Balaban J connectivity index is 0.000000198. The molecule has 0 atom stereocenters. The molecule has 7 aromatic rings. The monoisotopic (exact) mass is 820 g/mol. The van der Waals surface area contributed by atoms with Gasteiger partial charge in [0.2, 0.25) is 0 Å². The third-order valence-corrected chi connectivity index (χ3v) is 9.79. The third-order valence-electron chi connectivity index (χ3n) is 7.78. The van der Waals surface area contributed by atoms with E-state index in [-0.39, 0.29) is 25.7 Å². The van der Waals surface area contributed by atoms with Crippen LogP contribution in [0.1, 0.15) is 44.4 Å². The number of para-hydroxylation sites is 1. The molecule has 0 fully saturated rings. The molecule has 0 saturated heterocycles. The first-order valence-electron chi connectivity index (χ1n) is 17.9. The predicted molar refractivity (Wildman–Crippen MR) is 194 cm³/mol. The number of hydrogen-bond donors (Lipinski definition) is 0. The molecule has 0 unspecified atom stereocenters. The van der Waals surface area contributed by atoms with Crippen molar-refractivity contribution < 1.29 is 31.4 Å². The van der Waals surface area contributed by atoms with Gasteiger partial charge in [-0.3, -0.25) is 9.97 Å². The van der Waals surface area contributed by atoms with Crippen molar-refractivity contribution in [3.63, 3.8) is 0 Å². The van der Waals surface area contributed by atoms with Gasteiger partial charge in [0.1, 0.15) is 5.58 Å². The maximum absolute atomic E-state index is 8.79. The number of aryl methyl sites for hydroxylation is 3. The van der Waals surface area contributed by atoms with E-state index in [1.165, 1.54) is 6.07 Å². The molecular weight excluding hydrogens is 773 g/mol. The second kappa shape index (κ2) is 13.3. The van der Waals surface area contributed by atoms with Gasteiger partial charge in [-0.2, -0.15) is 0 Å². The maximum atomic E-state index is 8.79. The molecule has 0 amide bonds. The fraction of sp³-hybridized carbons (Fsp3) is 0.275. The summed E-state index contributed by atoms with van der Waals surface area (Å²) >= 11 is 0. The van der Waals surface area contributed by atoms with Crippen molar-refractivity contribution in [2.45, 2.75) is 60.6 Å². The van der Waals surface area contributed by atoms with Crippen LogP contribution in [-0.4, -0.2) is 27.6 Å². The van der Waals surface area contributed by atoms with Gasteiger partial charge in [-0.15, -0.1) is 53.6 Å². The van der Waals surface area contributed by atoms with E-state index in [4.69, 9.17) is 16.3 Å². The second-order valence-corrected chi connectivity index (χ2v) is 18.8. The van der Waals surface area contributed by atoms with E-state index in [0.29, 0.717) is 16.8 Å². The molecule has 0 aliphatic carbocycles. The summed E-state index contributed by atoms with van der Waals surface area (Å²) in [6.07, 6.45) is 2.08. The Hall–Kier alpha value is -3.90. The van der Waals surface area contributed by atoms with Crippen LogP contribution in [-0.2, 0) is 33.5 Å². The number of fused-ring (bicyclic) bond motifs is 4. The summed E-state index contributed by atoms with van der Waals surface area (Å²) < 4.78 is 48.2. The van der Waals surface area contributed by atoms with Gasteiger partial charge in [0.05, 0.1) is 36.7 Å². The molecule has 0 aliphatic rings. The quantitative estimate of drug-likeness (QED) is 0.131. The predicted octanol–water partition coefficient (Wildman–Crippen LogP) is 9.63. The van der Waals surface area contributed by atoms with E-state index in [1.807, 2.05) is 83.4 Å². The number of furan rings is 1. The summed E-state index contributed by atoms with van der Waals surface area (Å²) in [7, 11) is 0.202. The molecule has 7 rings (SSSR count). The maximum Gasteiger partial charge on any atom is 0.120 e. The minimum absolute atomic E-state index is 0. The first kappa shape index (κ1) is 28.1. The average Bonchev–Trinajstić information content (AvgIpc) is 3.61. The first-order chi connectivity index (χ1) is 23.8. The van der Waals surface area contributed by atoms with Crippen molar-refractivity contribution in [3.8, 4) is 22.6 Å². The smallest absolute Gasteiger partial charge is 0.120 e. The summed E-state index contributed by atoms with van der Waals surface area (Å²) in [6.45, 7) is 12.1. The molecule has 0 N–H and O–H groups in total. The normalized spacial score (nSPS) is 14.0. The number of imidazole rings is 1. The largest absolute Gasteiger partial charge is 0.501 e. The Bertz CT molecular complexity index is 2390. The molecule has 1 radical (unpaired) electrons. The summed E-state index contributed by atoms with van der Waals surface area (Å²) in [4.78, 5) is 13.7. The van der Waals surface area contributed by atoms with E-state index < -0.39 is 26.7 Å². The summed E-state index contributed by atoms with van der Waals surface area (Å²) in [5.74, 6) is 0.835. The van der Waals surface area contributed by atoms with E-state index >= 15 is 0 Å². The standard InChI is InChI=1S/C20H14N3O.C20H28NSi.Ir/c1-12-10-17-16(11-21-12)22-20(23(17)2)15-8-5-7-14-13-6-3-4-9-18(13)24-19(14)15;1-15-8-10-16(11-9-15)18-12-17(13-20(2,3)4)19(14-21-18)22(5,6)7;/h3-7,9-11H,1-2H3;8-10,12,14H,13H2,1-7H3;/q2*-1;/i;1D3,13D2;. The SMILES string of the molecule is Cc1cc2c(cn1)nc(-c1[c-]ccc3c1oc1ccccc13)n2C.[2H]C([2H])([2H])c1c[c-]c(-c2cc(C([2H])([2H])C(C)(C)C)c([Si](C)(C)C)cn2)cc1.[Ir]. The topological polar surface area (TPSA) is 56.7 Å². The van der Waals surface area contributed by atoms with E-state index in [1.54, 1.807) is 18.3 Å². The molecule has 0 bridgehead atoms. The van der Waals surface area contributed by atoms with Crippen LogP contribution in [0.25, 0.3) is 55.6 Å². The average molecular weight is 820 g/mol. The molecule has 4 aromatic heterocycles. The number of hydrogen-bond acceptors (Lipinski definition) is 4. The minimum Gasteiger partial charge on any atom is -0.501 e. The van der Waals surface area contributed by atoms with Gasteiger partial charge in [-0.1, -0.05) is 88.0 Å². The molecule has 3 aromatic carbocycles. The Labute approximate surface area is 299 Å². The molecule has 0 spiro atoms. The number of rotatable bonds is 4. The van der Waals surface area contributed by atoms with Crippen LogP contribution in [0.5, 0.6) is 0 Å². The van der Waals surface area contributed by atoms with E-state index in [2.05, 4.69) is 52.4 Å². The van der Waals surface area contributed by atoms with Gasteiger partial charge in [-0.05, 0) is 41.7 Å². The van der Waals surface area contributed by atoms with Crippen LogP contribution in [0.2, 0.25) is 19.6 Å². The zero-order valence-electron chi connectivity index (χ0n) is 33.0. The minimum atomic E-state index is -2.17. The van der Waals surface area contributed by atoms with Crippen LogP contribution in [0, 0.1) is 31.3 Å². The fourth-order valence-electron chi connectivity index (χ4n) is 5.57. The van der Waals surface area contributed by atoms with Crippen molar-refractivity contribution in [3.05, 3.63) is 108 Å². The van der Waals surface area contributed by atoms with Gasteiger partial charge < -0.3 is 14.0 Å². The molecule has 0 saturated carbocycles. The fourth-order valence-corrected chi connectivity index (χ4v) is 6.96. The third kappa shape index (κ3) is 7.33. The number of aromatic nitrogens is 4. The van der Waals surface area contributed by atoms with E-state index in [9.17, 15) is 0 Å². The zero-order valence-corrected chi connectivity index (χ0v) is 31.4. The van der Waals surface area contributed by atoms with Crippen LogP contribution in [0.4, 0.5) is 0 Å². The Morgan fingerprint density at radius 3 is 2.47 bits per heavy atom. The van der Waals surface area contributed by atoms with Gasteiger partial charge in [-0.25, -0.2) is 0 Å². The van der Waals surface area contributed by atoms with Crippen LogP contribution < -0.4 is 5.19 Å². The Morgan fingerprint density at radius 1 is 0.979 bits per heavy atom. The zero-order chi connectivity index (χ0) is 37.1. The molecule has 7 heteroatoms. The molecule has 0 aliphatic heterocycles. The van der Waals surface area contributed by atoms with Gasteiger partial charge in [0, 0.05) is 51.3 Å². The summed E-state index contributed by atoms with van der Waals surface area (Å²) in [6, 6.07) is 26.9. The summed E-state index contributed by atoms with van der Waals surface area (Å²) in [5, 5.41) is 3.20. The van der Waals surface area contributed by atoms with Gasteiger partial charge >= 0.3 is 0 Å². The number of nitrogens with zero attached hydrogens (tertiary/aromatic N) is 4. The Kier molecular flexibility index (Phi) is 7.97. The van der Waals surface area contributed by atoms with E-state index in [0.717, 1.165) is 55.2 Å². The van der Waals surface area contributed by atoms with Crippen LogP contribution in [0.3, 0.4) is 0 Å². The molecular formula is C40H42IrN4OSi-2. The molecule has 5 nitrogen and oxygen atoms in total. The Morgan fingerprint density at radius 2 is 1.77 bits per heavy atom. The van der Waals surface area contributed by atoms with Crippen molar-refractivity contribution in [2.75, 3.05) is 0 Å². The van der Waals surface area contributed by atoms with Crippen molar-refractivity contribution in [1.82, 2.24) is 19.5 Å². The van der Waals surface area contributed by atoms with Crippen LogP contribution >= 0.6 is 0 Å².